The van der Waals surface area contributed by atoms with Gasteiger partial charge in [-0.15, -0.1) is 0 Å². The molecule has 0 fully saturated rings. The molecule has 1 atom stereocenters. The Balaban J connectivity index is 1.90. The normalized spacial score (nSPS) is 18.8. The fourth-order valence-electron chi connectivity index (χ4n) is 3.16. The second-order valence-electron chi connectivity index (χ2n) is 5.60. The first kappa shape index (κ1) is 14.6. The van der Waals surface area contributed by atoms with Crippen molar-refractivity contribution in [2.45, 2.75) is 25.9 Å². The van der Waals surface area contributed by atoms with E-state index in [-0.39, 0.29) is 12.6 Å². The maximum absolute atomic E-state index is 9.83. The van der Waals surface area contributed by atoms with E-state index >= 15 is 0 Å². The van der Waals surface area contributed by atoms with Gasteiger partial charge in [0, 0.05) is 25.7 Å². The fraction of sp³-hybridized carbons (Fsp3) is 0.438. The minimum atomic E-state index is 0.0330. The Bertz CT molecular complexity index is 653. The van der Waals surface area contributed by atoms with E-state index in [1.165, 1.54) is 11.1 Å². The van der Waals surface area contributed by atoms with Crippen molar-refractivity contribution in [1.29, 1.82) is 0 Å². The smallest absolute Gasteiger partial charge is 0.131 e. The van der Waals surface area contributed by atoms with Gasteiger partial charge in [0.05, 0.1) is 18.3 Å². The van der Waals surface area contributed by atoms with Crippen molar-refractivity contribution in [3.8, 4) is 0 Å². The number of nitrogens with zero attached hydrogens (tertiary/aromatic N) is 3. The minimum absolute atomic E-state index is 0.0330. The highest BCUT2D eigenvalue weighted by Crippen LogP contribution is 2.32. The molecule has 3 rings (SSSR count). The van der Waals surface area contributed by atoms with Crippen LogP contribution in [0.15, 0.2) is 24.3 Å². The Morgan fingerprint density at radius 1 is 1.38 bits per heavy atom. The van der Waals surface area contributed by atoms with Gasteiger partial charge in [0.2, 0.25) is 0 Å². The number of halogens is 1. The first-order valence-corrected chi connectivity index (χ1v) is 7.60. The number of aliphatic hydroxyl groups excluding tert-OH is 1. The van der Waals surface area contributed by atoms with Crippen LogP contribution in [0.4, 0.5) is 0 Å². The third-order valence-corrected chi connectivity index (χ3v) is 4.80. The van der Waals surface area contributed by atoms with E-state index in [1.807, 2.05) is 20.0 Å². The lowest BCUT2D eigenvalue weighted by Gasteiger charge is -2.36. The Morgan fingerprint density at radius 2 is 2.14 bits per heavy atom. The third kappa shape index (κ3) is 2.59. The molecule has 0 radical (unpaired) electrons. The van der Waals surface area contributed by atoms with Gasteiger partial charge in [0.15, 0.2) is 0 Å². The Labute approximate surface area is 130 Å². The van der Waals surface area contributed by atoms with Crippen molar-refractivity contribution in [3.63, 3.8) is 0 Å². The molecular formula is C16H20ClN3O. The van der Waals surface area contributed by atoms with Crippen molar-refractivity contribution < 1.29 is 5.11 Å². The van der Waals surface area contributed by atoms with Gasteiger partial charge in [-0.3, -0.25) is 9.58 Å². The van der Waals surface area contributed by atoms with Crippen LogP contribution in [-0.2, 0) is 20.0 Å². The molecule has 21 heavy (non-hydrogen) atoms. The zero-order valence-electron chi connectivity index (χ0n) is 12.4. The SMILES string of the molecule is Cc1nn(C)c(Cl)c1CN1CCc2ccccc2C1CO. The highest BCUT2D eigenvalue weighted by atomic mass is 35.5. The lowest BCUT2D eigenvalue weighted by molar-refractivity contribution is 0.108. The molecule has 1 aliphatic heterocycles. The van der Waals surface area contributed by atoms with E-state index in [1.54, 1.807) is 4.68 Å². The molecule has 0 aliphatic carbocycles. The summed E-state index contributed by atoms with van der Waals surface area (Å²) in [7, 11) is 1.86. The number of aromatic nitrogens is 2. The number of hydrogen-bond acceptors (Lipinski definition) is 3. The topological polar surface area (TPSA) is 41.3 Å². The van der Waals surface area contributed by atoms with E-state index in [9.17, 15) is 5.11 Å². The van der Waals surface area contributed by atoms with Crippen LogP contribution >= 0.6 is 11.6 Å². The lowest BCUT2D eigenvalue weighted by Crippen LogP contribution is -2.37. The van der Waals surface area contributed by atoms with Gasteiger partial charge in [-0.25, -0.2) is 0 Å². The zero-order chi connectivity index (χ0) is 15.0. The quantitative estimate of drug-likeness (QED) is 0.947. The molecule has 0 saturated carbocycles. The highest BCUT2D eigenvalue weighted by molar-refractivity contribution is 6.30. The lowest BCUT2D eigenvalue weighted by atomic mass is 9.92. The summed E-state index contributed by atoms with van der Waals surface area (Å²) in [5.74, 6) is 0. The van der Waals surface area contributed by atoms with Crippen LogP contribution in [0.5, 0.6) is 0 Å². The van der Waals surface area contributed by atoms with Gasteiger partial charge in [-0.2, -0.15) is 5.10 Å². The second kappa shape index (κ2) is 5.79. The van der Waals surface area contributed by atoms with Crippen LogP contribution in [0.1, 0.15) is 28.4 Å². The van der Waals surface area contributed by atoms with Crippen molar-refractivity contribution in [2.75, 3.05) is 13.2 Å². The van der Waals surface area contributed by atoms with Gasteiger partial charge in [0.25, 0.3) is 0 Å². The molecule has 5 heteroatoms. The number of aliphatic hydroxyl groups is 1. The largest absolute Gasteiger partial charge is 0.394 e. The molecule has 0 bridgehead atoms. The van der Waals surface area contributed by atoms with E-state index < -0.39 is 0 Å². The molecule has 2 heterocycles. The molecule has 0 saturated heterocycles. The van der Waals surface area contributed by atoms with Crippen LogP contribution in [-0.4, -0.2) is 32.9 Å². The van der Waals surface area contributed by atoms with Crippen molar-refractivity contribution in [2.24, 2.45) is 7.05 Å². The molecule has 112 valence electrons. The van der Waals surface area contributed by atoms with Gasteiger partial charge in [-0.1, -0.05) is 35.9 Å². The Hall–Kier alpha value is -1.36. The molecule has 0 amide bonds. The van der Waals surface area contributed by atoms with Crippen molar-refractivity contribution in [3.05, 3.63) is 51.8 Å². The predicted molar refractivity (Wildman–Crippen MR) is 83.3 cm³/mol. The van der Waals surface area contributed by atoms with E-state index in [0.717, 1.165) is 30.8 Å². The molecule has 4 nitrogen and oxygen atoms in total. The van der Waals surface area contributed by atoms with Crippen molar-refractivity contribution in [1.82, 2.24) is 14.7 Å². The summed E-state index contributed by atoms with van der Waals surface area (Å²) in [6.07, 6.45) is 1.00. The van der Waals surface area contributed by atoms with Gasteiger partial charge in [-0.05, 0) is 24.5 Å². The van der Waals surface area contributed by atoms with Crippen LogP contribution in [0.25, 0.3) is 0 Å². The summed E-state index contributed by atoms with van der Waals surface area (Å²) in [5.41, 5.74) is 4.57. The monoisotopic (exact) mass is 305 g/mol. The van der Waals surface area contributed by atoms with E-state index in [2.05, 4.69) is 28.2 Å². The summed E-state index contributed by atoms with van der Waals surface area (Å²) >= 11 is 6.34. The molecule has 0 spiro atoms. The van der Waals surface area contributed by atoms with Gasteiger partial charge < -0.3 is 5.11 Å². The Kier molecular flexibility index (Phi) is 4.02. The van der Waals surface area contributed by atoms with E-state index in [4.69, 9.17) is 11.6 Å². The Morgan fingerprint density at radius 3 is 2.81 bits per heavy atom. The third-order valence-electron chi connectivity index (χ3n) is 4.33. The standard InChI is InChI=1S/C16H20ClN3O/c1-11-14(16(17)19(2)18-11)9-20-8-7-12-5-3-4-6-13(12)15(20)10-21/h3-6,15,21H,7-10H2,1-2H3. The fourth-order valence-corrected chi connectivity index (χ4v) is 3.40. The molecule has 1 aliphatic rings. The number of fused-ring (bicyclic) bond motifs is 1. The average molecular weight is 306 g/mol. The number of hydrogen-bond donors (Lipinski definition) is 1. The summed E-state index contributed by atoms with van der Waals surface area (Å²) in [6.45, 7) is 3.74. The van der Waals surface area contributed by atoms with Crippen molar-refractivity contribution >= 4 is 11.6 Å². The predicted octanol–water partition coefficient (Wildman–Crippen LogP) is 2.47. The minimum Gasteiger partial charge on any atom is -0.394 e. The highest BCUT2D eigenvalue weighted by Gasteiger charge is 2.28. The van der Waals surface area contributed by atoms with E-state index in [0.29, 0.717) is 5.15 Å². The maximum Gasteiger partial charge on any atom is 0.131 e. The second-order valence-corrected chi connectivity index (χ2v) is 5.95. The average Bonchev–Trinajstić information content (AvgIpc) is 2.73. The van der Waals surface area contributed by atoms with Gasteiger partial charge >= 0.3 is 0 Å². The first-order chi connectivity index (χ1) is 10.1. The number of rotatable bonds is 3. The summed E-state index contributed by atoms with van der Waals surface area (Å²) in [4.78, 5) is 2.29. The molecule has 1 unspecified atom stereocenters. The molecule has 2 aromatic rings. The van der Waals surface area contributed by atoms with Crippen LogP contribution in [0, 0.1) is 6.92 Å². The van der Waals surface area contributed by atoms with Crippen LogP contribution < -0.4 is 0 Å². The van der Waals surface area contributed by atoms with Crippen LogP contribution in [0.3, 0.4) is 0 Å². The maximum atomic E-state index is 9.83. The number of aryl methyl sites for hydroxylation is 2. The first-order valence-electron chi connectivity index (χ1n) is 7.22. The summed E-state index contributed by atoms with van der Waals surface area (Å²) in [5, 5.41) is 14.9. The summed E-state index contributed by atoms with van der Waals surface area (Å²) in [6, 6.07) is 8.39. The van der Waals surface area contributed by atoms with Gasteiger partial charge in [0.1, 0.15) is 5.15 Å². The molecule has 1 aromatic carbocycles. The molecular weight excluding hydrogens is 286 g/mol. The molecule has 1 aromatic heterocycles. The number of benzene rings is 1. The zero-order valence-corrected chi connectivity index (χ0v) is 13.1. The molecule has 1 N–H and O–H groups in total. The summed E-state index contributed by atoms with van der Waals surface area (Å²) < 4.78 is 1.71. The van der Waals surface area contributed by atoms with Crippen LogP contribution in [0.2, 0.25) is 5.15 Å².